The van der Waals surface area contributed by atoms with E-state index in [0.29, 0.717) is 11.4 Å². The highest BCUT2D eigenvalue weighted by Crippen LogP contribution is 2.33. The molecule has 0 spiro atoms. The minimum absolute atomic E-state index is 0.0935. The van der Waals surface area contributed by atoms with Gasteiger partial charge in [-0.3, -0.25) is 9.78 Å². The zero-order valence-corrected chi connectivity index (χ0v) is 13.3. The first kappa shape index (κ1) is 14.8. The second kappa shape index (κ2) is 6.23. The van der Waals surface area contributed by atoms with Gasteiger partial charge >= 0.3 is 0 Å². The molecule has 1 heterocycles. The lowest BCUT2D eigenvalue weighted by molar-refractivity contribution is 0.0872. The fraction of sp³-hybridized carbons (Fsp3) is 0.571. The van der Waals surface area contributed by atoms with Crippen molar-refractivity contribution in [1.82, 2.24) is 10.3 Å². The van der Waals surface area contributed by atoms with E-state index in [4.69, 9.17) is 11.6 Å². The van der Waals surface area contributed by atoms with Gasteiger partial charge in [0, 0.05) is 22.7 Å². The summed E-state index contributed by atoms with van der Waals surface area (Å²) in [6.45, 7) is 2.25. The number of carbonyl (C=O) groups is 1. The largest absolute Gasteiger partial charge is 0.345 e. The van der Waals surface area contributed by atoms with Crippen molar-refractivity contribution in [3.8, 4) is 0 Å². The van der Waals surface area contributed by atoms with E-state index in [9.17, 15) is 4.79 Å². The summed E-state index contributed by atoms with van der Waals surface area (Å²) in [5, 5.41) is 3.11. The summed E-state index contributed by atoms with van der Waals surface area (Å²) in [6, 6.07) is 1.77. The molecule has 1 aliphatic carbocycles. The Bertz CT molecular complexity index is 459. The predicted molar refractivity (Wildman–Crippen MR) is 80.5 cm³/mol. The molecule has 104 valence electrons. The van der Waals surface area contributed by atoms with Gasteiger partial charge < -0.3 is 5.32 Å². The summed E-state index contributed by atoms with van der Waals surface area (Å²) in [5.74, 6) is 1.09. The maximum atomic E-state index is 12.3. The molecule has 1 amide bonds. The smallest absolute Gasteiger partial charge is 0.253 e. The third kappa shape index (κ3) is 3.69. The quantitative estimate of drug-likeness (QED) is 0.848. The van der Waals surface area contributed by atoms with Crippen molar-refractivity contribution in [1.29, 1.82) is 0 Å². The fourth-order valence-electron chi connectivity index (χ4n) is 2.46. The minimum Gasteiger partial charge on any atom is -0.345 e. The van der Waals surface area contributed by atoms with Crippen LogP contribution in [0.1, 0.15) is 43.0 Å². The highest BCUT2D eigenvalue weighted by Gasteiger charge is 2.35. The zero-order valence-electron chi connectivity index (χ0n) is 11.0. The van der Waals surface area contributed by atoms with Crippen LogP contribution in [0.15, 0.2) is 22.9 Å². The maximum Gasteiger partial charge on any atom is 0.253 e. The Kier molecular flexibility index (Phi) is 4.85. The number of carbonyl (C=O) groups excluding carboxylic acids is 1. The Labute approximate surface area is 127 Å². The van der Waals surface area contributed by atoms with Crippen molar-refractivity contribution in [3.05, 3.63) is 28.5 Å². The number of nitrogens with zero attached hydrogens (tertiary/aromatic N) is 1. The van der Waals surface area contributed by atoms with Crippen LogP contribution in [0, 0.1) is 5.92 Å². The number of amides is 1. The third-order valence-electron chi connectivity index (χ3n) is 3.83. The van der Waals surface area contributed by atoms with Gasteiger partial charge in [-0.15, -0.1) is 11.6 Å². The van der Waals surface area contributed by atoms with Crippen molar-refractivity contribution in [2.24, 2.45) is 5.92 Å². The normalized spacial score (nSPS) is 27.0. The predicted octanol–water partition coefficient (Wildman–Crippen LogP) is 3.76. The molecule has 1 fully saturated rings. The second-order valence-electron chi connectivity index (χ2n) is 5.44. The highest BCUT2D eigenvalue weighted by molar-refractivity contribution is 9.10. The number of pyridine rings is 1. The van der Waals surface area contributed by atoms with E-state index >= 15 is 0 Å². The van der Waals surface area contributed by atoms with Gasteiger partial charge in [-0.05, 0) is 53.6 Å². The molecule has 1 aliphatic rings. The Morgan fingerprint density at radius 3 is 2.79 bits per heavy atom. The summed E-state index contributed by atoms with van der Waals surface area (Å²) < 4.78 is 0.803. The van der Waals surface area contributed by atoms with Crippen LogP contribution in [0.25, 0.3) is 0 Å². The first-order valence-corrected chi connectivity index (χ1v) is 7.86. The van der Waals surface area contributed by atoms with Crippen LogP contribution < -0.4 is 5.32 Å². The third-order valence-corrected chi connectivity index (χ3v) is 4.78. The van der Waals surface area contributed by atoms with Gasteiger partial charge in [-0.25, -0.2) is 0 Å². The Hall–Kier alpha value is -0.610. The minimum atomic E-state index is -0.256. The molecule has 0 atom stereocenters. The molecule has 0 bridgehead atoms. The molecule has 0 unspecified atom stereocenters. The number of aromatic nitrogens is 1. The second-order valence-corrected chi connectivity index (χ2v) is 6.63. The lowest BCUT2D eigenvalue weighted by atomic mass is 9.78. The van der Waals surface area contributed by atoms with Crippen LogP contribution in [-0.4, -0.2) is 22.3 Å². The average Bonchev–Trinajstić information content (AvgIpc) is 2.42. The SMILES string of the molecule is CC1CCC(CCl)(NC(=O)c2cncc(Br)c2)CC1. The first-order chi connectivity index (χ1) is 9.04. The van der Waals surface area contributed by atoms with Crippen LogP contribution in [0.4, 0.5) is 0 Å². The number of halogens is 2. The lowest BCUT2D eigenvalue weighted by Gasteiger charge is -2.38. The van der Waals surface area contributed by atoms with E-state index in [-0.39, 0.29) is 11.4 Å². The average molecular weight is 346 g/mol. The molecule has 1 aromatic rings. The van der Waals surface area contributed by atoms with Crippen molar-refractivity contribution in [2.45, 2.75) is 38.1 Å². The van der Waals surface area contributed by atoms with E-state index in [2.05, 4.69) is 33.2 Å². The molecule has 1 aromatic heterocycles. The molecular formula is C14H18BrClN2O. The van der Waals surface area contributed by atoms with Gasteiger partial charge in [0.2, 0.25) is 0 Å². The summed E-state index contributed by atoms with van der Waals surface area (Å²) >= 11 is 9.43. The highest BCUT2D eigenvalue weighted by atomic mass is 79.9. The van der Waals surface area contributed by atoms with Crippen LogP contribution in [0.2, 0.25) is 0 Å². The van der Waals surface area contributed by atoms with E-state index in [0.717, 1.165) is 36.1 Å². The molecule has 0 aromatic carbocycles. The number of nitrogens with one attached hydrogen (secondary N) is 1. The number of alkyl halides is 1. The van der Waals surface area contributed by atoms with Crippen molar-refractivity contribution < 1.29 is 4.79 Å². The lowest BCUT2D eigenvalue weighted by Crippen LogP contribution is -2.52. The monoisotopic (exact) mass is 344 g/mol. The molecule has 2 rings (SSSR count). The molecule has 1 saturated carbocycles. The van der Waals surface area contributed by atoms with E-state index < -0.39 is 0 Å². The maximum absolute atomic E-state index is 12.3. The zero-order chi connectivity index (χ0) is 13.9. The van der Waals surface area contributed by atoms with Gasteiger partial charge in [0.15, 0.2) is 0 Å². The molecule has 5 heteroatoms. The van der Waals surface area contributed by atoms with Crippen molar-refractivity contribution in [3.63, 3.8) is 0 Å². The molecule has 0 aliphatic heterocycles. The fourth-order valence-corrected chi connectivity index (χ4v) is 3.15. The van der Waals surface area contributed by atoms with Crippen LogP contribution in [0.5, 0.6) is 0 Å². The Balaban J connectivity index is 2.08. The summed E-state index contributed by atoms with van der Waals surface area (Å²) in [6.07, 6.45) is 7.37. The standard InChI is InChI=1S/C14H18BrClN2O/c1-10-2-4-14(9-16,5-3-10)18-13(19)11-6-12(15)8-17-7-11/h6-8,10H,2-5,9H2,1H3,(H,18,19). The van der Waals surface area contributed by atoms with Crippen LogP contribution in [-0.2, 0) is 0 Å². The van der Waals surface area contributed by atoms with Gasteiger partial charge in [-0.1, -0.05) is 6.92 Å². The number of hydrogen-bond donors (Lipinski definition) is 1. The number of hydrogen-bond acceptors (Lipinski definition) is 2. The Morgan fingerprint density at radius 2 is 2.21 bits per heavy atom. The molecule has 19 heavy (non-hydrogen) atoms. The van der Waals surface area contributed by atoms with Crippen molar-refractivity contribution >= 4 is 33.4 Å². The molecule has 3 nitrogen and oxygen atoms in total. The van der Waals surface area contributed by atoms with Gasteiger partial charge in [0.05, 0.1) is 11.1 Å². The van der Waals surface area contributed by atoms with Crippen LogP contribution >= 0.6 is 27.5 Å². The van der Waals surface area contributed by atoms with Gasteiger partial charge in [-0.2, -0.15) is 0 Å². The topological polar surface area (TPSA) is 42.0 Å². The van der Waals surface area contributed by atoms with Crippen molar-refractivity contribution in [2.75, 3.05) is 5.88 Å². The van der Waals surface area contributed by atoms with E-state index in [1.807, 2.05) is 0 Å². The first-order valence-electron chi connectivity index (χ1n) is 6.54. The number of rotatable bonds is 3. The summed E-state index contributed by atoms with van der Waals surface area (Å²) in [4.78, 5) is 16.3. The van der Waals surface area contributed by atoms with E-state index in [1.54, 1.807) is 18.5 Å². The summed E-state index contributed by atoms with van der Waals surface area (Å²) in [5.41, 5.74) is 0.311. The van der Waals surface area contributed by atoms with Gasteiger partial charge in [0.1, 0.15) is 0 Å². The molecular weight excluding hydrogens is 328 g/mol. The Morgan fingerprint density at radius 1 is 1.53 bits per heavy atom. The molecule has 1 N–H and O–H groups in total. The van der Waals surface area contributed by atoms with Gasteiger partial charge in [0.25, 0.3) is 5.91 Å². The van der Waals surface area contributed by atoms with E-state index in [1.165, 1.54) is 0 Å². The molecule has 0 saturated heterocycles. The summed E-state index contributed by atoms with van der Waals surface area (Å²) in [7, 11) is 0. The van der Waals surface area contributed by atoms with Crippen LogP contribution in [0.3, 0.4) is 0 Å². The molecule has 0 radical (unpaired) electrons.